The van der Waals surface area contributed by atoms with E-state index in [1.54, 1.807) is 0 Å². The minimum Gasteiger partial charge on any atom is -0.218 e. The predicted molar refractivity (Wildman–Crippen MR) is 225 cm³/mol. The van der Waals surface area contributed by atoms with E-state index in [-0.39, 0.29) is 0 Å². The molecule has 0 saturated carbocycles. The van der Waals surface area contributed by atoms with Crippen LogP contribution in [-0.4, -0.2) is 8.42 Å². The van der Waals surface area contributed by atoms with Crippen LogP contribution in [0.2, 0.25) is 0 Å². The van der Waals surface area contributed by atoms with E-state index < -0.39 is 9.84 Å². The molecular formula is C48H78O2S. The first kappa shape index (κ1) is 45.0. The normalized spacial score (nSPS) is 11.6. The van der Waals surface area contributed by atoms with Gasteiger partial charge in [0.1, 0.15) is 0 Å². The SMILES string of the molecule is C=CCCCCCCCCc1cc(CCCCCCCC)ccc1S(=O)(=O)c1ccc(CCCCCCCC)cc1CCCCCCCCC=C. The van der Waals surface area contributed by atoms with Crippen LogP contribution in [0.5, 0.6) is 0 Å². The Morgan fingerprint density at radius 1 is 0.431 bits per heavy atom. The molecule has 2 nitrogen and oxygen atoms in total. The average molecular weight is 719 g/mol. The van der Waals surface area contributed by atoms with Gasteiger partial charge in [0.2, 0.25) is 9.84 Å². The molecule has 0 heterocycles. The molecule has 0 fully saturated rings. The van der Waals surface area contributed by atoms with Crippen molar-refractivity contribution in [1.82, 2.24) is 0 Å². The van der Waals surface area contributed by atoms with Crippen molar-refractivity contribution in [3.05, 3.63) is 84.0 Å². The third-order valence-corrected chi connectivity index (χ3v) is 12.6. The lowest BCUT2D eigenvalue weighted by molar-refractivity contribution is 0.582. The summed E-state index contributed by atoms with van der Waals surface area (Å²) >= 11 is 0. The molecule has 2 aromatic carbocycles. The first-order chi connectivity index (χ1) is 25.0. The van der Waals surface area contributed by atoms with E-state index in [0.717, 1.165) is 75.3 Å². The van der Waals surface area contributed by atoms with Crippen LogP contribution in [0.4, 0.5) is 0 Å². The highest BCUT2D eigenvalue weighted by atomic mass is 32.2. The molecule has 0 atom stereocenters. The number of sulfone groups is 1. The second-order valence-corrected chi connectivity index (χ2v) is 17.2. The highest BCUT2D eigenvalue weighted by Crippen LogP contribution is 2.31. The van der Waals surface area contributed by atoms with E-state index in [1.165, 1.54) is 140 Å². The lowest BCUT2D eigenvalue weighted by Crippen LogP contribution is -2.10. The summed E-state index contributed by atoms with van der Waals surface area (Å²) in [6.07, 6.45) is 39.6. The van der Waals surface area contributed by atoms with E-state index in [9.17, 15) is 8.42 Å². The second kappa shape index (κ2) is 29.3. The maximum absolute atomic E-state index is 14.7. The van der Waals surface area contributed by atoms with Crippen LogP contribution in [0, 0.1) is 0 Å². The fraction of sp³-hybridized carbons (Fsp3) is 0.667. The Kier molecular flexibility index (Phi) is 25.9. The molecule has 288 valence electrons. The molecule has 0 radical (unpaired) electrons. The Balaban J connectivity index is 2.26. The molecule has 51 heavy (non-hydrogen) atoms. The number of hydrogen-bond donors (Lipinski definition) is 0. The summed E-state index contributed by atoms with van der Waals surface area (Å²) < 4.78 is 29.3. The monoisotopic (exact) mass is 719 g/mol. The summed E-state index contributed by atoms with van der Waals surface area (Å²) in [5.74, 6) is 0. The number of hydrogen-bond acceptors (Lipinski definition) is 2. The lowest BCUT2D eigenvalue weighted by Gasteiger charge is -2.17. The molecular weight excluding hydrogens is 641 g/mol. The molecule has 2 rings (SSSR count). The highest BCUT2D eigenvalue weighted by molar-refractivity contribution is 7.91. The van der Waals surface area contributed by atoms with Crippen molar-refractivity contribution < 1.29 is 8.42 Å². The van der Waals surface area contributed by atoms with Gasteiger partial charge in [-0.15, -0.1) is 13.2 Å². The van der Waals surface area contributed by atoms with Crippen LogP contribution >= 0.6 is 0 Å². The zero-order chi connectivity index (χ0) is 36.8. The topological polar surface area (TPSA) is 34.1 Å². The minimum atomic E-state index is -3.64. The van der Waals surface area contributed by atoms with Crippen molar-refractivity contribution >= 4 is 9.84 Å². The largest absolute Gasteiger partial charge is 0.218 e. The van der Waals surface area contributed by atoms with Crippen LogP contribution in [0.15, 0.2) is 71.5 Å². The number of rotatable bonds is 34. The van der Waals surface area contributed by atoms with Gasteiger partial charge < -0.3 is 0 Å². The fourth-order valence-electron chi connectivity index (χ4n) is 7.45. The van der Waals surface area contributed by atoms with E-state index in [4.69, 9.17) is 0 Å². The molecule has 0 aliphatic heterocycles. The molecule has 3 heteroatoms. The van der Waals surface area contributed by atoms with Gasteiger partial charge in [-0.3, -0.25) is 0 Å². The Morgan fingerprint density at radius 3 is 1.10 bits per heavy atom. The summed E-state index contributed by atoms with van der Waals surface area (Å²) in [5, 5.41) is 0. The van der Waals surface area contributed by atoms with Gasteiger partial charge in [0.25, 0.3) is 0 Å². The van der Waals surface area contributed by atoms with Crippen molar-refractivity contribution in [2.45, 2.75) is 216 Å². The number of allylic oxidation sites excluding steroid dienone is 2. The average Bonchev–Trinajstić information content (AvgIpc) is 3.13. The Bertz CT molecular complexity index is 1200. The molecule has 0 amide bonds. The Morgan fingerprint density at radius 2 is 0.745 bits per heavy atom. The molecule has 2 aromatic rings. The minimum absolute atomic E-state index is 0.548. The quantitative estimate of drug-likeness (QED) is 0.0533. The van der Waals surface area contributed by atoms with E-state index >= 15 is 0 Å². The highest BCUT2D eigenvalue weighted by Gasteiger charge is 2.25. The van der Waals surface area contributed by atoms with E-state index in [1.807, 2.05) is 24.3 Å². The summed E-state index contributed by atoms with van der Waals surface area (Å²) in [7, 11) is -3.64. The van der Waals surface area contributed by atoms with Gasteiger partial charge in [-0.25, -0.2) is 8.42 Å². The summed E-state index contributed by atoms with van der Waals surface area (Å²) in [4.78, 5) is 1.10. The van der Waals surface area contributed by atoms with Gasteiger partial charge in [0.05, 0.1) is 9.79 Å². The van der Waals surface area contributed by atoms with Crippen LogP contribution in [0.25, 0.3) is 0 Å². The zero-order valence-corrected chi connectivity index (χ0v) is 34.3. The van der Waals surface area contributed by atoms with Gasteiger partial charge >= 0.3 is 0 Å². The van der Waals surface area contributed by atoms with Crippen LogP contribution in [-0.2, 0) is 35.5 Å². The summed E-state index contributed by atoms with van der Waals surface area (Å²) in [5.41, 5.74) is 4.66. The first-order valence-electron chi connectivity index (χ1n) is 21.7. The predicted octanol–water partition coefficient (Wildman–Crippen LogP) is 15.2. The molecule has 0 aliphatic rings. The van der Waals surface area contributed by atoms with Crippen LogP contribution in [0.3, 0.4) is 0 Å². The van der Waals surface area contributed by atoms with E-state index in [2.05, 4.69) is 51.3 Å². The Labute approximate surface area is 317 Å². The van der Waals surface area contributed by atoms with Crippen molar-refractivity contribution in [3.63, 3.8) is 0 Å². The van der Waals surface area contributed by atoms with E-state index in [0.29, 0.717) is 9.79 Å². The van der Waals surface area contributed by atoms with Crippen LogP contribution in [0.1, 0.15) is 203 Å². The smallest absolute Gasteiger partial charge is 0.207 e. The number of benzene rings is 2. The molecule has 0 aliphatic carbocycles. The molecule has 0 saturated heterocycles. The van der Waals surface area contributed by atoms with Crippen molar-refractivity contribution in [1.29, 1.82) is 0 Å². The second-order valence-electron chi connectivity index (χ2n) is 15.3. The molecule has 0 unspecified atom stereocenters. The third kappa shape index (κ3) is 19.5. The van der Waals surface area contributed by atoms with Gasteiger partial charge in [0, 0.05) is 0 Å². The lowest BCUT2D eigenvalue weighted by atomic mass is 9.99. The van der Waals surface area contributed by atoms with Crippen LogP contribution < -0.4 is 0 Å². The molecule has 0 spiro atoms. The van der Waals surface area contributed by atoms with Gasteiger partial charge in [0.15, 0.2) is 0 Å². The Hall–Kier alpha value is -2.13. The summed E-state index contributed by atoms with van der Waals surface area (Å²) in [6.45, 7) is 12.2. The van der Waals surface area contributed by atoms with Crippen molar-refractivity contribution in [2.24, 2.45) is 0 Å². The fourth-order valence-corrected chi connectivity index (χ4v) is 9.20. The molecule has 0 aromatic heterocycles. The van der Waals surface area contributed by atoms with Gasteiger partial charge in [-0.1, -0.05) is 166 Å². The standard InChI is InChI=1S/C48H78O2S/c1-5-9-13-17-21-23-27-31-35-45-41-43(33-29-25-19-15-11-7-3)37-39-47(45)51(49,50)48-40-38-44(34-30-26-20-16-12-8-4)42-46(48)36-32-28-24-22-18-14-10-6-2/h5-6,37-42H,1-2,7-36H2,3-4H3. The maximum Gasteiger partial charge on any atom is 0.207 e. The van der Waals surface area contributed by atoms with Crippen molar-refractivity contribution in [3.8, 4) is 0 Å². The molecule has 0 N–H and O–H groups in total. The third-order valence-electron chi connectivity index (χ3n) is 10.7. The molecule has 0 bridgehead atoms. The first-order valence-corrected chi connectivity index (χ1v) is 23.2. The maximum atomic E-state index is 14.7. The van der Waals surface area contributed by atoms with Gasteiger partial charge in [-0.2, -0.15) is 0 Å². The number of aryl methyl sites for hydroxylation is 4. The van der Waals surface area contributed by atoms with Crippen molar-refractivity contribution in [2.75, 3.05) is 0 Å². The zero-order valence-electron chi connectivity index (χ0n) is 33.5. The summed E-state index contributed by atoms with van der Waals surface area (Å²) in [6, 6.07) is 12.7. The van der Waals surface area contributed by atoms with Gasteiger partial charge in [-0.05, 0) is 111 Å². The number of unbranched alkanes of at least 4 members (excludes halogenated alkanes) is 22.